The zero-order valence-corrected chi connectivity index (χ0v) is 31.9. The van der Waals surface area contributed by atoms with E-state index in [-0.39, 0.29) is 29.1 Å². The van der Waals surface area contributed by atoms with Gasteiger partial charge in [-0.15, -0.1) is 0 Å². The molecule has 0 spiro atoms. The van der Waals surface area contributed by atoms with Crippen LogP contribution in [0.1, 0.15) is 72.2 Å². The number of esters is 1. The fraction of sp³-hybridized carbons (Fsp3) is 0.342. The molecular weight excluding hydrogens is 715 g/mol. The molecule has 4 rings (SSSR count). The fourth-order valence-corrected chi connectivity index (χ4v) is 5.61. The minimum atomic E-state index is -3.60. The van der Waals surface area contributed by atoms with Crippen LogP contribution >= 0.6 is 0 Å². The second-order valence-corrected chi connectivity index (χ2v) is 14.6. The van der Waals surface area contributed by atoms with Crippen LogP contribution < -0.4 is 30.5 Å². The summed E-state index contributed by atoms with van der Waals surface area (Å²) in [5, 5.41) is 9.06. The Labute approximate surface area is 315 Å². The van der Waals surface area contributed by atoms with E-state index in [1.807, 2.05) is 30.3 Å². The summed E-state index contributed by atoms with van der Waals surface area (Å²) in [6.45, 7) is 4.19. The number of ether oxygens (including phenoxy) is 2. The normalized spacial score (nSPS) is 11.1. The Morgan fingerprint density at radius 1 is 0.889 bits per heavy atom. The summed E-state index contributed by atoms with van der Waals surface area (Å²) in [4.78, 5) is 52.1. The van der Waals surface area contributed by atoms with Crippen molar-refractivity contribution < 1.29 is 37.1 Å². The Kier molecular flexibility index (Phi) is 15.1. The molecule has 2 amide bonds. The van der Waals surface area contributed by atoms with Gasteiger partial charge >= 0.3 is 5.97 Å². The van der Waals surface area contributed by atoms with Crippen LogP contribution in [0.25, 0.3) is 0 Å². The van der Waals surface area contributed by atoms with Gasteiger partial charge in [0.05, 0.1) is 43.0 Å². The number of rotatable bonds is 20. The highest BCUT2D eigenvalue weighted by atomic mass is 32.2. The van der Waals surface area contributed by atoms with Crippen molar-refractivity contribution >= 4 is 56.6 Å². The van der Waals surface area contributed by atoms with Gasteiger partial charge in [-0.1, -0.05) is 55.3 Å². The molecule has 0 aliphatic heterocycles. The number of sulfonamides is 1. The van der Waals surface area contributed by atoms with Crippen molar-refractivity contribution in [2.24, 2.45) is 0 Å². The van der Waals surface area contributed by atoms with Gasteiger partial charge in [-0.05, 0) is 56.5 Å². The summed E-state index contributed by atoms with van der Waals surface area (Å²) in [5.74, 6) is -0.654. The van der Waals surface area contributed by atoms with Crippen LogP contribution in [-0.4, -0.2) is 69.2 Å². The minimum Gasteiger partial charge on any atom is -0.496 e. The van der Waals surface area contributed by atoms with E-state index in [4.69, 9.17) is 14.3 Å². The maximum absolute atomic E-state index is 13.0. The molecule has 0 atom stereocenters. The largest absolute Gasteiger partial charge is 0.496 e. The highest BCUT2D eigenvalue weighted by Gasteiger charge is 2.22. The SMILES string of the molecule is COc1cc(Nc2ncc(C(=O)OC(C)C)c(Nc3ccccc3N(C)S(C)(=O)=O)n2)ccc1C(=O)NCCCCCCC(=O)NOCc1ccccc1. The van der Waals surface area contributed by atoms with Gasteiger partial charge in [0, 0.05) is 38.0 Å². The molecule has 0 aliphatic rings. The first kappa shape index (κ1) is 41.0. The molecule has 16 heteroatoms. The van der Waals surface area contributed by atoms with E-state index in [2.05, 4.69) is 31.4 Å². The number of nitrogens with zero attached hydrogens (tertiary/aromatic N) is 3. The maximum atomic E-state index is 13.0. The third-order valence-corrected chi connectivity index (χ3v) is 9.12. The number of carbonyl (C=O) groups is 3. The molecule has 0 aliphatic carbocycles. The topological polar surface area (TPSA) is 190 Å². The molecule has 0 radical (unpaired) electrons. The molecule has 1 heterocycles. The van der Waals surface area contributed by atoms with Crippen molar-refractivity contribution in [3.63, 3.8) is 0 Å². The quantitative estimate of drug-likeness (QED) is 0.0478. The van der Waals surface area contributed by atoms with Crippen LogP contribution in [0.15, 0.2) is 79.0 Å². The number of methoxy groups -OCH3 is 1. The first-order chi connectivity index (χ1) is 25.8. The average Bonchev–Trinajstić information content (AvgIpc) is 3.14. The van der Waals surface area contributed by atoms with Gasteiger partial charge in [-0.2, -0.15) is 4.98 Å². The monoisotopic (exact) mass is 761 g/mol. The van der Waals surface area contributed by atoms with E-state index in [0.717, 1.165) is 35.4 Å². The molecule has 0 unspecified atom stereocenters. The van der Waals surface area contributed by atoms with Crippen LogP contribution in [0.2, 0.25) is 0 Å². The van der Waals surface area contributed by atoms with E-state index in [1.165, 1.54) is 20.4 Å². The predicted octanol–water partition coefficient (Wildman–Crippen LogP) is 5.86. The molecule has 288 valence electrons. The van der Waals surface area contributed by atoms with Gasteiger partial charge in [0.2, 0.25) is 21.9 Å². The van der Waals surface area contributed by atoms with Crippen molar-refractivity contribution in [1.82, 2.24) is 20.8 Å². The zero-order valence-electron chi connectivity index (χ0n) is 31.0. The van der Waals surface area contributed by atoms with Gasteiger partial charge in [-0.25, -0.2) is 23.7 Å². The highest BCUT2D eigenvalue weighted by Crippen LogP contribution is 2.31. The van der Waals surface area contributed by atoms with Crippen molar-refractivity contribution in [2.45, 2.75) is 58.7 Å². The molecule has 0 bridgehead atoms. The van der Waals surface area contributed by atoms with E-state index >= 15 is 0 Å². The lowest BCUT2D eigenvalue weighted by atomic mass is 10.1. The third kappa shape index (κ3) is 12.4. The number of carbonyl (C=O) groups excluding carboxylic acids is 3. The van der Waals surface area contributed by atoms with E-state index < -0.39 is 22.1 Å². The molecular formula is C38H47N7O8S. The Balaban J connectivity index is 1.33. The molecule has 0 saturated heterocycles. The minimum absolute atomic E-state index is 0.0327. The third-order valence-electron chi connectivity index (χ3n) is 7.93. The van der Waals surface area contributed by atoms with Crippen LogP contribution in [0, 0.1) is 0 Å². The summed E-state index contributed by atoms with van der Waals surface area (Å²) >= 11 is 0. The van der Waals surface area contributed by atoms with Crippen molar-refractivity contribution in [3.05, 3.63) is 95.7 Å². The smallest absolute Gasteiger partial charge is 0.343 e. The summed E-state index contributed by atoms with van der Waals surface area (Å²) in [6.07, 6.45) is 5.45. The molecule has 4 aromatic rings. The lowest BCUT2D eigenvalue weighted by Crippen LogP contribution is -2.25. The standard InChI is InChI=1S/C38H47N7O8S/c1-26(2)53-37(48)30-24-40-38(43-35(30)42-31-17-12-13-18-32(31)45(3)54(5,49)50)41-28-20-21-29(33(23-28)51-4)36(47)39-22-14-7-6-11-19-34(46)44-52-25-27-15-9-8-10-16-27/h8-10,12-13,15-18,20-21,23-24,26H,6-7,11,14,19,22,25H2,1-5H3,(H,39,47)(H,44,46)(H2,40,41,42,43). The number of hydroxylamine groups is 1. The van der Waals surface area contributed by atoms with Gasteiger partial charge < -0.3 is 25.4 Å². The van der Waals surface area contributed by atoms with Crippen molar-refractivity contribution in [3.8, 4) is 5.75 Å². The second kappa shape index (κ2) is 19.9. The number of anilines is 5. The first-order valence-corrected chi connectivity index (χ1v) is 19.3. The summed E-state index contributed by atoms with van der Waals surface area (Å²) in [7, 11) is -0.723. The molecule has 0 fully saturated rings. The van der Waals surface area contributed by atoms with E-state index in [0.29, 0.717) is 54.4 Å². The highest BCUT2D eigenvalue weighted by molar-refractivity contribution is 7.92. The number of unbranched alkanes of at least 4 members (excludes halogenated alkanes) is 3. The summed E-state index contributed by atoms with van der Waals surface area (Å²) in [6, 6.07) is 21.2. The number of para-hydroxylation sites is 2. The molecule has 54 heavy (non-hydrogen) atoms. The number of benzene rings is 3. The van der Waals surface area contributed by atoms with Crippen LogP contribution in [0.5, 0.6) is 5.75 Å². The van der Waals surface area contributed by atoms with Crippen molar-refractivity contribution in [2.75, 3.05) is 41.9 Å². The van der Waals surface area contributed by atoms with Gasteiger partial charge in [0.1, 0.15) is 11.3 Å². The Morgan fingerprint density at radius 2 is 1.61 bits per heavy atom. The molecule has 4 N–H and O–H groups in total. The number of amides is 2. The van der Waals surface area contributed by atoms with Gasteiger partial charge in [0.15, 0.2) is 5.82 Å². The molecule has 1 aromatic heterocycles. The Hall–Kier alpha value is -5.74. The maximum Gasteiger partial charge on any atom is 0.343 e. The van der Waals surface area contributed by atoms with E-state index in [9.17, 15) is 22.8 Å². The van der Waals surface area contributed by atoms with Crippen LogP contribution in [0.4, 0.5) is 28.8 Å². The summed E-state index contributed by atoms with van der Waals surface area (Å²) < 4.78 is 36.7. The number of hydrogen-bond acceptors (Lipinski definition) is 12. The molecule has 3 aromatic carbocycles. The number of aromatic nitrogens is 2. The zero-order chi connectivity index (χ0) is 39.1. The van der Waals surface area contributed by atoms with Gasteiger partial charge in [0.25, 0.3) is 5.91 Å². The van der Waals surface area contributed by atoms with Gasteiger partial charge in [-0.3, -0.25) is 18.7 Å². The second-order valence-electron chi connectivity index (χ2n) is 12.5. The van der Waals surface area contributed by atoms with E-state index in [1.54, 1.807) is 56.3 Å². The lowest BCUT2D eigenvalue weighted by molar-refractivity contribution is -0.134. The fourth-order valence-electron chi connectivity index (χ4n) is 5.10. The van der Waals surface area contributed by atoms with Crippen molar-refractivity contribution in [1.29, 1.82) is 0 Å². The summed E-state index contributed by atoms with van der Waals surface area (Å²) in [5.41, 5.74) is 5.01. The predicted molar refractivity (Wildman–Crippen MR) is 207 cm³/mol. The molecule has 0 saturated carbocycles. The molecule has 15 nitrogen and oxygen atoms in total. The number of hydrogen-bond donors (Lipinski definition) is 4. The van der Waals surface area contributed by atoms with Crippen LogP contribution in [-0.2, 0) is 31.0 Å². The lowest BCUT2D eigenvalue weighted by Gasteiger charge is -2.21. The Morgan fingerprint density at radius 3 is 2.33 bits per heavy atom. The average molecular weight is 762 g/mol. The Bertz CT molecular complexity index is 1990. The number of nitrogens with one attached hydrogen (secondary N) is 4. The van der Waals surface area contributed by atoms with Crippen LogP contribution in [0.3, 0.4) is 0 Å². The first-order valence-electron chi connectivity index (χ1n) is 17.4.